The Bertz CT molecular complexity index is 745. The van der Waals surface area contributed by atoms with Gasteiger partial charge in [-0.3, -0.25) is 9.78 Å². The number of carbonyl (C=O) groups is 1. The molecule has 1 aliphatic carbocycles. The molecule has 3 nitrogen and oxygen atoms in total. The molecule has 0 N–H and O–H groups in total. The summed E-state index contributed by atoms with van der Waals surface area (Å²) in [6, 6.07) is 9.58. The fourth-order valence-electron chi connectivity index (χ4n) is 2.58. The topological polar surface area (TPSA) is 39.2 Å². The highest BCUT2D eigenvalue weighted by Crippen LogP contribution is 2.28. The van der Waals surface area contributed by atoms with E-state index in [1.807, 2.05) is 48.6 Å². The zero-order valence-corrected chi connectivity index (χ0v) is 12.5. The summed E-state index contributed by atoms with van der Waals surface area (Å²) in [5.74, 6) is 0.820. The Labute approximate surface area is 130 Å². The predicted octanol–water partition coefficient (Wildman–Crippen LogP) is 3.86. The van der Waals surface area contributed by atoms with Crippen LogP contribution >= 0.6 is 0 Å². The number of methoxy groups -OCH3 is 1. The number of ether oxygens (including phenoxy) is 1. The van der Waals surface area contributed by atoms with Gasteiger partial charge in [0.2, 0.25) is 0 Å². The third kappa shape index (κ3) is 2.98. The van der Waals surface area contributed by atoms with Crippen molar-refractivity contribution in [1.82, 2.24) is 4.98 Å². The largest absolute Gasteiger partial charge is 0.497 e. The number of rotatable bonds is 3. The molecule has 0 saturated carbocycles. The Morgan fingerprint density at radius 2 is 1.95 bits per heavy atom. The Hall–Kier alpha value is -2.68. The average Bonchev–Trinajstić information content (AvgIpc) is 2.58. The van der Waals surface area contributed by atoms with E-state index in [4.69, 9.17) is 4.74 Å². The molecule has 0 saturated heterocycles. The maximum Gasteiger partial charge on any atom is 0.189 e. The zero-order valence-electron chi connectivity index (χ0n) is 12.5. The van der Waals surface area contributed by atoms with Crippen molar-refractivity contribution >= 4 is 11.9 Å². The first-order valence-corrected chi connectivity index (χ1v) is 7.27. The Morgan fingerprint density at radius 1 is 1.14 bits per heavy atom. The van der Waals surface area contributed by atoms with E-state index in [0.29, 0.717) is 0 Å². The zero-order chi connectivity index (χ0) is 15.4. The molecule has 0 atom stereocenters. The molecule has 0 radical (unpaired) electrons. The number of aromatic nitrogens is 1. The molecule has 0 amide bonds. The lowest BCUT2D eigenvalue weighted by Crippen LogP contribution is -2.14. The minimum atomic E-state index is 0.0968. The smallest absolute Gasteiger partial charge is 0.189 e. The number of benzene rings is 1. The molecule has 0 bridgehead atoms. The number of pyridine rings is 1. The second-order valence-electron chi connectivity index (χ2n) is 5.18. The molecule has 0 fully saturated rings. The maximum absolute atomic E-state index is 12.6. The van der Waals surface area contributed by atoms with Gasteiger partial charge in [0.15, 0.2) is 5.78 Å². The summed E-state index contributed by atoms with van der Waals surface area (Å²) in [6.45, 7) is 0. The van der Waals surface area contributed by atoms with E-state index in [9.17, 15) is 4.79 Å². The summed E-state index contributed by atoms with van der Waals surface area (Å²) in [5.41, 5.74) is 3.76. The first kappa shape index (κ1) is 14.3. The Morgan fingerprint density at radius 3 is 2.73 bits per heavy atom. The van der Waals surface area contributed by atoms with Gasteiger partial charge >= 0.3 is 0 Å². The number of hydrogen-bond donors (Lipinski definition) is 0. The van der Waals surface area contributed by atoms with Gasteiger partial charge < -0.3 is 4.74 Å². The summed E-state index contributed by atoms with van der Waals surface area (Å²) in [5, 5.41) is 0. The van der Waals surface area contributed by atoms with Crippen LogP contribution in [0.5, 0.6) is 5.75 Å². The average molecular weight is 291 g/mol. The molecule has 3 heteroatoms. The number of ketones is 1. The second-order valence-corrected chi connectivity index (χ2v) is 5.18. The minimum absolute atomic E-state index is 0.0968. The van der Waals surface area contributed by atoms with Crippen molar-refractivity contribution in [2.24, 2.45) is 0 Å². The van der Waals surface area contributed by atoms with Crippen LogP contribution in [0.4, 0.5) is 0 Å². The van der Waals surface area contributed by atoms with Gasteiger partial charge in [-0.1, -0.05) is 24.3 Å². The van der Waals surface area contributed by atoms with Crippen LogP contribution < -0.4 is 4.74 Å². The van der Waals surface area contributed by atoms with Crippen LogP contribution in [-0.4, -0.2) is 17.9 Å². The third-order valence-corrected chi connectivity index (χ3v) is 3.81. The maximum atomic E-state index is 12.6. The minimum Gasteiger partial charge on any atom is -0.497 e. The number of carbonyl (C=O) groups excluding carboxylic acids is 1. The second kappa shape index (κ2) is 6.39. The van der Waals surface area contributed by atoms with Crippen molar-refractivity contribution in [2.75, 3.05) is 7.11 Å². The van der Waals surface area contributed by atoms with E-state index in [0.717, 1.165) is 40.9 Å². The van der Waals surface area contributed by atoms with Crippen LogP contribution in [0.2, 0.25) is 0 Å². The number of allylic oxidation sites excluding steroid dienone is 3. The normalized spacial score (nSPS) is 16.0. The first-order valence-electron chi connectivity index (χ1n) is 7.27. The van der Waals surface area contributed by atoms with Gasteiger partial charge in [0.05, 0.1) is 7.11 Å². The van der Waals surface area contributed by atoms with Crippen molar-refractivity contribution in [2.45, 2.75) is 12.8 Å². The van der Waals surface area contributed by atoms with Crippen LogP contribution in [0.3, 0.4) is 0 Å². The lowest BCUT2D eigenvalue weighted by Gasteiger charge is -2.17. The molecule has 0 aliphatic heterocycles. The van der Waals surface area contributed by atoms with Gasteiger partial charge in [-0.15, -0.1) is 0 Å². The van der Waals surface area contributed by atoms with E-state index in [1.165, 1.54) is 0 Å². The van der Waals surface area contributed by atoms with Crippen molar-refractivity contribution in [3.63, 3.8) is 0 Å². The van der Waals surface area contributed by atoms with Crippen LogP contribution in [0.25, 0.3) is 6.08 Å². The van der Waals surface area contributed by atoms with Crippen molar-refractivity contribution in [1.29, 1.82) is 0 Å². The molecular weight excluding hydrogens is 274 g/mol. The molecule has 1 aromatic heterocycles. The highest BCUT2D eigenvalue weighted by atomic mass is 16.5. The molecule has 1 aliphatic rings. The lowest BCUT2D eigenvalue weighted by atomic mass is 9.86. The summed E-state index contributed by atoms with van der Waals surface area (Å²) in [4.78, 5) is 16.5. The molecule has 3 rings (SSSR count). The first-order chi connectivity index (χ1) is 10.8. The summed E-state index contributed by atoms with van der Waals surface area (Å²) >= 11 is 0. The van der Waals surface area contributed by atoms with Gasteiger partial charge in [-0.2, -0.15) is 0 Å². The van der Waals surface area contributed by atoms with E-state index >= 15 is 0 Å². The number of aryl methyl sites for hydroxylation is 1. The van der Waals surface area contributed by atoms with Crippen LogP contribution in [-0.2, 0) is 6.42 Å². The molecule has 2 aromatic rings. The molecule has 22 heavy (non-hydrogen) atoms. The van der Waals surface area contributed by atoms with Gasteiger partial charge in [0.1, 0.15) is 5.75 Å². The van der Waals surface area contributed by atoms with Gasteiger partial charge in [0.25, 0.3) is 0 Å². The summed E-state index contributed by atoms with van der Waals surface area (Å²) in [7, 11) is 1.61. The van der Waals surface area contributed by atoms with E-state index in [-0.39, 0.29) is 5.78 Å². The third-order valence-electron chi connectivity index (χ3n) is 3.81. The van der Waals surface area contributed by atoms with Crippen molar-refractivity contribution in [3.05, 3.63) is 77.1 Å². The SMILES string of the molecule is COc1ccc2c(c1)C(=O)/C(=C\C=C\c1ccncc1)CC2. The van der Waals surface area contributed by atoms with Gasteiger partial charge in [-0.25, -0.2) is 0 Å². The number of hydrogen-bond acceptors (Lipinski definition) is 3. The number of nitrogens with zero attached hydrogens (tertiary/aromatic N) is 1. The predicted molar refractivity (Wildman–Crippen MR) is 87.0 cm³/mol. The number of fused-ring (bicyclic) bond motifs is 1. The Balaban J connectivity index is 1.83. The summed E-state index contributed by atoms with van der Waals surface area (Å²) < 4.78 is 5.21. The van der Waals surface area contributed by atoms with E-state index < -0.39 is 0 Å². The van der Waals surface area contributed by atoms with Crippen LogP contribution in [0.15, 0.2) is 60.5 Å². The van der Waals surface area contributed by atoms with Gasteiger partial charge in [-0.05, 0) is 48.2 Å². The molecular formula is C19H17NO2. The molecule has 0 unspecified atom stereocenters. The molecule has 0 spiro atoms. The highest BCUT2D eigenvalue weighted by Gasteiger charge is 2.21. The quantitative estimate of drug-likeness (QED) is 0.806. The van der Waals surface area contributed by atoms with E-state index in [1.54, 1.807) is 19.5 Å². The van der Waals surface area contributed by atoms with Crippen LogP contribution in [0.1, 0.15) is 27.9 Å². The molecule has 1 aromatic carbocycles. The van der Waals surface area contributed by atoms with Crippen molar-refractivity contribution < 1.29 is 9.53 Å². The number of Topliss-reactive ketones (excluding diaryl/α,β-unsaturated/α-hetero) is 1. The lowest BCUT2D eigenvalue weighted by molar-refractivity contribution is 0.102. The van der Waals surface area contributed by atoms with Gasteiger partial charge in [0, 0.05) is 23.5 Å². The molecule has 110 valence electrons. The van der Waals surface area contributed by atoms with Crippen LogP contribution in [0, 0.1) is 0 Å². The fourth-order valence-corrected chi connectivity index (χ4v) is 2.58. The fraction of sp³-hybridized carbons (Fsp3) is 0.158. The van der Waals surface area contributed by atoms with E-state index in [2.05, 4.69) is 4.98 Å². The molecule has 1 heterocycles. The summed E-state index contributed by atoms with van der Waals surface area (Å²) in [6.07, 6.45) is 11.0. The Kier molecular flexibility index (Phi) is 4.15. The monoisotopic (exact) mass is 291 g/mol. The standard InChI is InChI=1S/C19H17NO2/c1-22-17-8-7-15-5-6-16(19(21)18(15)13-17)4-2-3-14-9-11-20-12-10-14/h2-4,7-13H,5-6H2,1H3/b3-2+,16-4-. The van der Waals surface area contributed by atoms with Crippen molar-refractivity contribution in [3.8, 4) is 5.75 Å². The highest BCUT2D eigenvalue weighted by molar-refractivity contribution is 6.11.